The molecule has 1 N–H and O–H groups in total. The number of halogens is 4. The maximum absolute atomic E-state index is 13.8. The second kappa shape index (κ2) is 6.21. The Morgan fingerprint density at radius 3 is 2.41 bits per heavy atom. The van der Waals surface area contributed by atoms with Crippen molar-refractivity contribution in [2.45, 2.75) is 55.8 Å². The number of aromatic nitrogens is 2. The summed E-state index contributed by atoms with van der Waals surface area (Å²) in [6.07, 6.45) is 0.749. The first-order valence-corrected chi connectivity index (χ1v) is 11.3. The highest BCUT2D eigenvalue weighted by Crippen LogP contribution is 2.75. The van der Waals surface area contributed by atoms with E-state index < -0.39 is 38.7 Å². The molecule has 5 rings (SSSR count). The van der Waals surface area contributed by atoms with E-state index in [1.54, 1.807) is 6.92 Å². The topological polar surface area (TPSA) is 72.0 Å². The molecule has 3 aliphatic carbocycles. The number of aryl methyl sites for hydroxylation is 1. The Morgan fingerprint density at radius 2 is 1.93 bits per heavy atom. The third kappa shape index (κ3) is 3.27. The van der Waals surface area contributed by atoms with Crippen LogP contribution in [0.3, 0.4) is 0 Å². The van der Waals surface area contributed by atoms with Crippen LogP contribution in [-0.4, -0.2) is 36.2 Å². The molecule has 3 fully saturated rings. The molecule has 0 saturated heterocycles. The molecule has 3 aliphatic rings. The monoisotopic (exact) mass is 448 g/mol. The molecule has 0 aliphatic heterocycles. The highest BCUT2D eigenvalue weighted by atomic mass is 35.5. The zero-order chi connectivity index (χ0) is 21.4. The van der Waals surface area contributed by atoms with Crippen LogP contribution in [0.1, 0.15) is 49.4 Å². The summed E-state index contributed by atoms with van der Waals surface area (Å²) in [5.41, 5.74) is -1.00. The maximum atomic E-state index is 13.8. The molecule has 1 aromatic heterocycles. The number of ether oxygens (including phenoxy) is 1. The van der Waals surface area contributed by atoms with E-state index in [-0.39, 0.29) is 35.1 Å². The molecular weight excluding hydrogens is 429 g/mol. The van der Waals surface area contributed by atoms with Gasteiger partial charge in [0.25, 0.3) is 5.92 Å². The summed E-state index contributed by atoms with van der Waals surface area (Å²) in [6.45, 7) is 2.48. The number of nitrogens with one attached hydrogen (secondary N) is 1. The number of imidazole rings is 1. The molecule has 0 spiro atoms. The zero-order valence-corrected chi connectivity index (χ0v) is 17.6. The van der Waals surface area contributed by atoms with Crippen LogP contribution in [0.4, 0.5) is 13.2 Å². The largest absolute Gasteiger partial charge is 0.359 e. The van der Waals surface area contributed by atoms with Gasteiger partial charge >= 0.3 is 0 Å². The molecule has 29 heavy (non-hydrogen) atoms. The SMILES string of the molecule is Cc1[nH]c(C(OC23CC(C(C)(F)F)(C2)C3)c2ccc(F)c(Cl)c2)nc1S(C)(=O)=O. The van der Waals surface area contributed by atoms with Crippen molar-refractivity contribution < 1.29 is 26.3 Å². The number of aromatic amines is 1. The van der Waals surface area contributed by atoms with Crippen LogP contribution in [0.5, 0.6) is 0 Å². The average molecular weight is 449 g/mol. The van der Waals surface area contributed by atoms with Crippen molar-refractivity contribution in [2.24, 2.45) is 5.41 Å². The minimum atomic E-state index is -3.58. The summed E-state index contributed by atoms with van der Waals surface area (Å²) in [5.74, 6) is -3.21. The summed E-state index contributed by atoms with van der Waals surface area (Å²) in [5, 5.41) is -0.250. The fourth-order valence-corrected chi connectivity index (χ4v) is 5.50. The molecule has 0 radical (unpaired) electrons. The Bertz CT molecular complexity index is 1070. The van der Waals surface area contributed by atoms with E-state index in [4.69, 9.17) is 16.3 Å². The van der Waals surface area contributed by atoms with Crippen molar-refractivity contribution in [1.29, 1.82) is 0 Å². The minimum absolute atomic E-state index is 0.122. The molecule has 2 bridgehead atoms. The number of hydrogen-bond acceptors (Lipinski definition) is 4. The van der Waals surface area contributed by atoms with Crippen molar-refractivity contribution in [3.05, 3.63) is 46.1 Å². The maximum Gasteiger partial charge on any atom is 0.251 e. The first-order valence-electron chi connectivity index (χ1n) is 9.03. The molecule has 1 unspecified atom stereocenters. The van der Waals surface area contributed by atoms with Crippen molar-refractivity contribution in [3.63, 3.8) is 0 Å². The van der Waals surface area contributed by atoms with Crippen LogP contribution in [0.25, 0.3) is 0 Å². The molecule has 5 nitrogen and oxygen atoms in total. The van der Waals surface area contributed by atoms with E-state index in [1.807, 2.05) is 0 Å². The van der Waals surface area contributed by atoms with E-state index in [2.05, 4.69) is 9.97 Å². The second-order valence-electron chi connectivity index (χ2n) is 8.38. The summed E-state index contributed by atoms with van der Waals surface area (Å²) in [4.78, 5) is 7.09. The Kier molecular flexibility index (Phi) is 4.43. The van der Waals surface area contributed by atoms with Crippen LogP contribution < -0.4 is 0 Å². The second-order valence-corrected chi connectivity index (χ2v) is 10.7. The van der Waals surface area contributed by atoms with Crippen molar-refractivity contribution in [1.82, 2.24) is 9.97 Å². The summed E-state index contributed by atoms with van der Waals surface area (Å²) in [6, 6.07) is 4.00. The van der Waals surface area contributed by atoms with Gasteiger partial charge in [0, 0.05) is 11.7 Å². The molecular formula is C19H20ClF3N2O3S. The van der Waals surface area contributed by atoms with Gasteiger partial charge in [-0.05, 0) is 50.8 Å². The zero-order valence-electron chi connectivity index (χ0n) is 16.0. The van der Waals surface area contributed by atoms with Gasteiger partial charge in [-0.15, -0.1) is 0 Å². The fourth-order valence-electron chi connectivity index (χ4n) is 4.44. The van der Waals surface area contributed by atoms with E-state index in [9.17, 15) is 21.6 Å². The third-order valence-electron chi connectivity index (χ3n) is 5.99. The fraction of sp³-hybridized carbons (Fsp3) is 0.526. The van der Waals surface area contributed by atoms with Gasteiger partial charge < -0.3 is 9.72 Å². The Labute approximate surface area is 171 Å². The lowest BCUT2D eigenvalue weighted by atomic mass is 9.39. The van der Waals surface area contributed by atoms with Crippen molar-refractivity contribution in [3.8, 4) is 0 Å². The molecule has 158 valence electrons. The normalized spacial score (nSPS) is 27.3. The highest BCUT2D eigenvalue weighted by Gasteiger charge is 2.77. The van der Waals surface area contributed by atoms with Crippen LogP contribution >= 0.6 is 11.6 Å². The van der Waals surface area contributed by atoms with Gasteiger partial charge in [0.15, 0.2) is 14.9 Å². The summed E-state index contributed by atoms with van der Waals surface area (Å²) >= 11 is 5.91. The third-order valence-corrected chi connectivity index (χ3v) is 7.37. The van der Waals surface area contributed by atoms with Crippen molar-refractivity contribution >= 4 is 21.4 Å². The number of H-pyrrole nitrogens is 1. The van der Waals surface area contributed by atoms with E-state index in [1.165, 1.54) is 18.2 Å². The average Bonchev–Trinajstić information content (AvgIpc) is 2.88. The van der Waals surface area contributed by atoms with E-state index >= 15 is 0 Å². The molecule has 3 saturated carbocycles. The number of rotatable bonds is 6. The molecule has 0 amide bonds. The van der Waals surface area contributed by atoms with Crippen molar-refractivity contribution in [2.75, 3.05) is 6.26 Å². The predicted molar refractivity (Wildman–Crippen MR) is 100 cm³/mol. The lowest BCUT2D eigenvalue weighted by Crippen LogP contribution is -2.74. The summed E-state index contributed by atoms with van der Waals surface area (Å²) < 4.78 is 71.4. The Balaban J connectivity index is 1.69. The molecule has 1 heterocycles. The first-order chi connectivity index (χ1) is 13.3. The van der Waals surface area contributed by atoms with E-state index in [0.717, 1.165) is 13.2 Å². The number of hydrogen-bond donors (Lipinski definition) is 1. The van der Waals surface area contributed by atoms with Gasteiger partial charge in [-0.1, -0.05) is 17.7 Å². The van der Waals surface area contributed by atoms with Crippen LogP contribution in [0, 0.1) is 18.2 Å². The lowest BCUT2D eigenvalue weighted by molar-refractivity contribution is -0.361. The first kappa shape index (κ1) is 20.7. The standard InChI is InChI=1S/C19H20ClF3N2O3S/c1-10-16(29(3,26)27)25-15(24-10)14(11-4-5-13(21)12(20)6-11)28-19-7-18(8-19,9-19)17(2,22)23/h4-6,14H,7-9H2,1-3H3,(H,24,25). The Hall–Kier alpha value is -1.58. The summed E-state index contributed by atoms with van der Waals surface area (Å²) in [7, 11) is -3.58. The van der Waals surface area contributed by atoms with Crippen LogP contribution in [-0.2, 0) is 14.6 Å². The smallest absolute Gasteiger partial charge is 0.251 e. The number of sulfone groups is 1. The predicted octanol–water partition coefficient (Wildman–Crippen LogP) is 4.60. The molecule has 1 atom stereocenters. The van der Waals surface area contributed by atoms with E-state index in [0.29, 0.717) is 11.3 Å². The highest BCUT2D eigenvalue weighted by molar-refractivity contribution is 7.90. The van der Waals surface area contributed by atoms with Gasteiger partial charge in [0.05, 0.1) is 16.3 Å². The van der Waals surface area contributed by atoms with Crippen LogP contribution in [0.15, 0.2) is 23.2 Å². The number of benzene rings is 1. The quantitative estimate of drug-likeness (QED) is 0.701. The van der Waals surface area contributed by atoms with Gasteiger partial charge in [-0.25, -0.2) is 26.6 Å². The molecule has 2 aromatic rings. The lowest BCUT2D eigenvalue weighted by Gasteiger charge is -2.71. The minimum Gasteiger partial charge on any atom is -0.359 e. The van der Waals surface area contributed by atoms with Gasteiger partial charge in [-0.3, -0.25) is 0 Å². The Morgan fingerprint density at radius 1 is 1.31 bits per heavy atom. The number of alkyl halides is 2. The van der Waals surface area contributed by atoms with Gasteiger partial charge in [-0.2, -0.15) is 0 Å². The number of nitrogens with zero attached hydrogens (tertiary/aromatic N) is 1. The molecule has 10 heteroatoms. The van der Waals surface area contributed by atoms with Gasteiger partial charge in [0.1, 0.15) is 17.7 Å². The van der Waals surface area contributed by atoms with Gasteiger partial charge in [0.2, 0.25) is 0 Å². The molecule has 1 aromatic carbocycles. The van der Waals surface area contributed by atoms with Crippen LogP contribution in [0.2, 0.25) is 5.02 Å².